The summed E-state index contributed by atoms with van der Waals surface area (Å²) in [7, 11) is 0. The van der Waals surface area contributed by atoms with Crippen LogP contribution in [-0.2, 0) is 28.6 Å². The Morgan fingerprint density at radius 1 is 0.296 bits per heavy atom. The van der Waals surface area contributed by atoms with Crippen LogP contribution in [0.5, 0.6) is 0 Å². The van der Waals surface area contributed by atoms with Gasteiger partial charge in [0.1, 0.15) is 13.2 Å². The van der Waals surface area contributed by atoms with Crippen molar-refractivity contribution >= 4 is 17.9 Å². The minimum absolute atomic E-state index is 0.105. The van der Waals surface area contributed by atoms with Crippen molar-refractivity contribution in [3.8, 4) is 0 Å². The van der Waals surface area contributed by atoms with Crippen LogP contribution in [0.1, 0.15) is 278 Å². The Morgan fingerprint density at radius 3 is 0.944 bits per heavy atom. The van der Waals surface area contributed by atoms with Crippen molar-refractivity contribution in [1.29, 1.82) is 0 Å². The summed E-state index contributed by atoms with van der Waals surface area (Å²) in [5, 5.41) is 0. The largest absolute Gasteiger partial charge is 0.462 e. The highest BCUT2D eigenvalue weighted by atomic mass is 16.6. The van der Waals surface area contributed by atoms with Crippen molar-refractivity contribution in [3.05, 3.63) is 97.2 Å². The fourth-order valence-corrected chi connectivity index (χ4v) is 8.11. The van der Waals surface area contributed by atoms with Crippen LogP contribution in [0.3, 0.4) is 0 Å². The predicted molar refractivity (Wildman–Crippen MR) is 307 cm³/mol. The van der Waals surface area contributed by atoms with E-state index in [1.54, 1.807) is 0 Å². The van der Waals surface area contributed by atoms with E-state index in [4.69, 9.17) is 14.2 Å². The van der Waals surface area contributed by atoms with E-state index in [-0.39, 0.29) is 37.5 Å². The first kappa shape index (κ1) is 67.3. The first-order chi connectivity index (χ1) is 35.0. The lowest BCUT2D eigenvalue weighted by atomic mass is 10.1. The zero-order valence-corrected chi connectivity index (χ0v) is 46.5. The highest BCUT2D eigenvalue weighted by molar-refractivity contribution is 5.71. The molecule has 0 aromatic rings. The van der Waals surface area contributed by atoms with Gasteiger partial charge in [0.15, 0.2) is 6.10 Å². The summed E-state index contributed by atoms with van der Waals surface area (Å²) in [6, 6.07) is 0. The minimum Gasteiger partial charge on any atom is -0.462 e. The molecule has 0 aliphatic rings. The second kappa shape index (κ2) is 58.9. The molecule has 0 fully saturated rings. The molecule has 0 aliphatic heterocycles. The molecule has 0 aromatic carbocycles. The summed E-state index contributed by atoms with van der Waals surface area (Å²) in [6.45, 7) is 6.46. The van der Waals surface area contributed by atoms with Crippen molar-refractivity contribution in [2.45, 2.75) is 284 Å². The molecule has 71 heavy (non-hydrogen) atoms. The number of esters is 3. The molecule has 0 radical (unpaired) electrons. The van der Waals surface area contributed by atoms with Gasteiger partial charge in [-0.25, -0.2) is 0 Å². The Hall–Kier alpha value is -3.67. The molecule has 0 spiro atoms. The summed E-state index contributed by atoms with van der Waals surface area (Å²) in [5.74, 6) is -0.995. The second-order valence-electron chi connectivity index (χ2n) is 19.5. The van der Waals surface area contributed by atoms with Crippen molar-refractivity contribution in [2.24, 2.45) is 0 Å². The van der Waals surface area contributed by atoms with Crippen LogP contribution < -0.4 is 0 Å². The van der Waals surface area contributed by atoms with Crippen LogP contribution in [0.15, 0.2) is 97.2 Å². The quantitative estimate of drug-likeness (QED) is 0.0261. The van der Waals surface area contributed by atoms with E-state index in [2.05, 4.69) is 112 Å². The molecule has 6 nitrogen and oxygen atoms in total. The average Bonchev–Trinajstić information content (AvgIpc) is 3.37. The van der Waals surface area contributed by atoms with E-state index in [1.165, 1.54) is 154 Å². The molecule has 0 saturated heterocycles. The second-order valence-corrected chi connectivity index (χ2v) is 19.5. The Bertz CT molecular complexity index is 1410. The van der Waals surface area contributed by atoms with Crippen LogP contribution in [0.4, 0.5) is 0 Å². The lowest BCUT2D eigenvalue weighted by Gasteiger charge is -2.18. The zero-order chi connectivity index (χ0) is 51.4. The number of rotatable bonds is 53. The SMILES string of the molecule is CC/C=C\C/C=C\C/C=C\C/C=C\C/C=C\C/C=C\CCC(=O)OC[C@@H](COC(=O)CCCCCCCCC/C=C\CCCCCCCC)OC(=O)CCCCCCCCC/C=C\CCCCCCCC. The fourth-order valence-electron chi connectivity index (χ4n) is 8.11. The number of unbranched alkanes of at least 4 members (excludes halogenated alkanes) is 26. The van der Waals surface area contributed by atoms with Gasteiger partial charge in [-0.2, -0.15) is 0 Å². The molecule has 6 heteroatoms. The molecule has 0 bridgehead atoms. The number of carbonyl (C=O) groups excluding carboxylic acids is 3. The summed E-state index contributed by atoms with van der Waals surface area (Å²) >= 11 is 0. The minimum atomic E-state index is -0.813. The fraction of sp³-hybridized carbons (Fsp3) is 0.708. The molecule has 0 aromatic heterocycles. The maximum Gasteiger partial charge on any atom is 0.306 e. The van der Waals surface area contributed by atoms with Crippen LogP contribution >= 0.6 is 0 Å². The topological polar surface area (TPSA) is 78.9 Å². The molecule has 0 rings (SSSR count). The zero-order valence-electron chi connectivity index (χ0n) is 46.5. The number of hydrogen-bond donors (Lipinski definition) is 0. The molecular weight excluding hydrogens is 877 g/mol. The molecule has 1 atom stereocenters. The van der Waals surface area contributed by atoms with Gasteiger partial charge >= 0.3 is 17.9 Å². The van der Waals surface area contributed by atoms with Gasteiger partial charge in [-0.1, -0.05) is 246 Å². The van der Waals surface area contributed by atoms with E-state index in [0.29, 0.717) is 19.3 Å². The highest BCUT2D eigenvalue weighted by Crippen LogP contribution is 2.15. The van der Waals surface area contributed by atoms with Gasteiger partial charge in [-0.05, 0) is 109 Å². The van der Waals surface area contributed by atoms with Gasteiger partial charge in [0.2, 0.25) is 0 Å². The third-order valence-electron chi connectivity index (χ3n) is 12.6. The lowest BCUT2D eigenvalue weighted by Crippen LogP contribution is -2.30. The van der Waals surface area contributed by atoms with Crippen molar-refractivity contribution in [1.82, 2.24) is 0 Å². The summed E-state index contributed by atoms with van der Waals surface area (Å²) in [4.78, 5) is 38.2. The first-order valence-corrected chi connectivity index (χ1v) is 29.7. The number of hydrogen-bond acceptors (Lipinski definition) is 6. The van der Waals surface area contributed by atoms with Crippen LogP contribution in [0.25, 0.3) is 0 Å². The molecule has 0 heterocycles. The smallest absolute Gasteiger partial charge is 0.306 e. The molecule has 0 aliphatic carbocycles. The van der Waals surface area contributed by atoms with Gasteiger partial charge in [0, 0.05) is 19.3 Å². The van der Waals surface area contributed by atoms with E-state index in [9.17, 15) is 14.4 Å². The Labute approximate surface area is 438 Å². The third kappa shape index (κ3) is 57.1. The van der Waals surface area contributed by atoms with Gasteiger partial charge in [0.25, 0.3) is 0 Å². The predicted octanol–water partition coefficient (Wildman–Crippen LogP) is 20.1. The summed E-state index contributed by atoms with van der Waals surface area (Å²) in [5.41, 5.74) is 0. The number of carbonyl (C=O) groups is 3. The molecule has 0 amide bonds. The Morgan fingerprint density at radius 2 is 0.577 bits per heavy atom. The number of ether oxygens (including phenoxy) is 3. The monoisotopic (exact) mass is 987 g/mol. The van der Waals surface area contributed by atoms with Crippen molar-refractivity contribution in [3.63, 3.8) is 0 Å². The standard InChI is InChI=1S/C65H110O6/c1-4-7-10-13-16-19-22-25-28-31-32-35-37-40-43-46-49-52-55-58-64(67)70-61-62(71-65(68)59-56-53-50-47-44-41-38-34-30-27-24-21-18-15-12-9-6-3)60-69-63(66)57-54-51-48-45-42-39-36-33-29-26-23-20-17-14-11-8-5-2/h7,10,16,19,25-30,32,35,40,43,49,52,62H,4-6,8-9,11-15,17-18,20-24,31,33-34,36-39,41-42,44-48,50-51,53-61H2,1-3H3/b10-7-,19-16-,28-25-,29-26-,30-27-,35-32-,43-40-,52-49-/t62-/m1/s1. The molecule has 406 valence electrons. The number of allylic oxidation sites excluding steroid dienone is 16. The summed E-state index contributed by atoms with van der Waals surface area (Å²) < 4.78 is 16.8. The molecule has 0 N–H and O–H groups in total. The average molecular weight is 988 g/mol. The maximum absolute atomic E-state index is 12.9. The van der Waals surface area contributed by atoms with Crippen LogP contribution in [0, 0.1) is 0 Å². The van der Waals surface area contributed by atoms with Gasteiger partial charge in [0.05, 0.1) is 0 Å². The summed E-state index contributed by atoms with van der Waals surface area (Å²) in [6.07, 6.45) is 78.4. The maximum atomic E-state index is 12.9. The first-order valence-electron chi connectivity index (χ1n) is 29.7. The molecule has 0 saturated carbocycles. The normalized spacial score (nSPS) is 12.8. The van der Waals surface area contributed by atoms with Gasteiger partial charge in [-0.15, -0.1) is 0 Å². The van der Waals surface area contributed by atoms with E-state index in [0.717, 1.165) is 77.0 Å². The highest BCUT2D eigenvalue weighted by Gasteiger charge is 2.19. The van der Waals surface area contributed by atoms with Crippen molar-refractivity contribution < 1.29 is 28.6 Å². The lowest BCUT2D eigenvalue weighted by molar-refractivity contribution is -0.166. The van der Waals surface area contributed by atoms with Crippen molar-refractivity contribution in [2.75, 3.05) is 13.2 Å². The van der Waals surface area contributed by atoms with Gasteiger partial charge in [-0.3, -0.25) is 14.4 Å². The van der Waals surface area contributed by atoms with Gasteiger partial charge < -0.3 is 14.2 Å². The molecule has 0 unspecified atom stereocenters. The molecular formula is C65H110O6. The van der Waals surface area contributed by atoms with E-state index >= 15 is 0 Å². The van der Waals surface area contributed by atoms with E-state index < -0.39 is 6.10 Å². The van der Waals surface area contributed by atoms with Crippen LogP contribution in [-0.4, -0.2) is 37.2 Å². The van der Waals surface area contributed by atoms with E-state index in [1.807, 2.05) is 6.08 Å². The third-order valence-corrected chi connectivity index (χ3v) is 12.6. The van der Waals surface area contributed by atoms with Crippen LogP contribution in [0.2, 0.25) is 0 Å². The Kier molecular flexibility index (Phi) is 55.9. The Balaban J connectivity index is 4.50.